The third-order valence-corrected chi connectivity index (χ3v) is 2.13. The van der Waals surface area contributed by atoms with E-state index < -0.39 is 12.1 Å². The second kappa shape index (κ2) is 8.86. The van der Waals surface area contributed by atoms with E-state index in [0.29, 0.717) is 11.3 Å². The van der Waals surface area contributed by atoms with Gasteiger partial charge in [-0.25, -0.2) is 4.79 Å². The van der Waals surface area contributed by atoms with Crippen LogP contribution in [0.4, 0.5) is 0 Å². The van der Waals surface area contributed by atoms with E-state index in [0.717, 1.165) is 0 Å². The Kier molecular flexibility index (Phi) is 8.21. The molecular formula is C11H16O5S. The monoisotopic (exact) mass is 260 g/mol. The number of hydrogen-bond donors (Lipinski definition) is 4. The smallest absolute Gasteiger partial charge is 0.337 e. The summed E-state index contributed by atoms with van der Waals surface area (Å²) in [6.45, 7) is -0.191. The largest absolute Gasteiger partial charge is 0.508 e. The van der Waals surface area contributed by atoms with Gasteiger partial charge in [-0.15, -0.1) is 0 Å². The molecule has 0 radical (unpaired) electrons. The Morgan fingerprint density at radius 3 is 2.24 bits per heavy atom. The standard InChI is InChI=1S/C8H8O3.C3H8O2S/c1-11-8(10)6-2-4-7(9)5-3-6;4-1-3(5)2-6/h2-5,9H,1H3;3-6H,1-2H2. The molecule has 1 atom stereocenters. The molecule has 0 bridgehead atoms. The molecule has 1 aromatic carbocycles. The Hall–Kier alpha value is -1.24. The van der Waals surface area contributed by atoms with Crippen LogP contribution >= 0.6 is 12.6 Å². The van der Waals surface area contributed by atoms with E-state index in [1.54, 1.807) is 0 Å². The van der Waals surface area contributed by atoms with E-state index in [1.807, 2.05) is 0 Å². The zero-order valence-corrected chi connectivity index (χ0v) is 10.3. The molecule has 3 N–H and O–H groups in total. The van der Waals surface area contributed by atoms with Crippen molar-refractivity contribution in [3.05, 3.63) is 29.8 Å². The summed E-state index contributed by atoms with van der Waals surface area (Å²) in [5.74, 6) is 0.0684. The maximum Gasteiger partial charge on any atom is 0.337 e. The maximum absolute atomic E-state index is 10.8. The van der Waals surface area contributed by atoms with Crippen molar-refractivity contribution in [1.29, 1.82) is 0 Å². The van der Waals surface area contributed by atoms with Crippen LogP contribution in [0.5, 0.6) is 5.75 Å². The highest BCUT2D eigenvalue weighted by Gasteiger charge is 2.02. The number of hydrogen-bond acceptors (Lipinski definition) is 6. The number of methoxy groups -OCH3 is 1. The van der Waals surface area contributed by atoms with Gasteiger partial charge in [0.25, 0.3) is 0 Å². The maximum atomic E-state index is 10.8. The summed E-state index contributed by atoms with van der Waals surface area (Å²) in [6.07, 6.45) is -0.645. The molecule has 0 aliphatic rings. The summed E-state index contributed by atoms with van der Waals surface area (Å²) in [7, 11) is 1.31. The second-order valence-electron chi connectivity index (χ2n) is 3.06. The summed E-state index contributed by atoms with van der Waals surface area (Å²) in [6, 6.07) is 5.88. The van der Waals surface area contributed by atoms with Gasteiger partial charge in [-0.1, -0.05) is 0 Å². The fourth-order valence-corrected chi connectivity index (χ4v) is 0.889. The lowest BCUT2D eigenvalue weighted by Crippen LogP contribution is -2.12. The quantitative estimate of drug-likeness (QED) is 0.468. The zero-order valence-electron chi connectivity index (χ0n) is 9.41. The van der Waals surface area contributed by atoms with Crippen molar-refractivity contribution in [2.24, 2.45) is 0 Å². The van der Waals surface area contributed by atoms with E-state index in [-0.39, 0.29) is 12.4 Å². The number of phenols is 1. The van der Waals surface area contributed by atoms with Gasteiger partial charge in [0, 0.05) is 5.75 Å². The van der Waals surface area contributed by atoms with Crippen LogP contribution in [0.2, 0.25) is 0 Å². The first kappa shape index (κ1) is 15.8. The van der Waals surface area contributed by atoms with Gasteiger partial charge in [0.2, 0.25) is 0 Å². The average Bonchev–Trinajstić information content (AvgIpc) is 2.38. The number of aliphatic hydroxyl groups is 2. The fraction of sp³-hybridized carbons (Fsp3) is 0.364. The van der Waals surface area contributed by atoms with Crippen LogP contribution in [0.15, 0.2) is 24.3 Å². The molecule has 1 aromatic rings. The van der Waals surface area contributed by atoms with Gasteiger partial charge in [0.1, 0.15) is 5.75 Å². The van der Waals surface area contributed by atoms with Gasteiger partial charge in [0.15, 0.2) is 0 Å². The predicted molar refractivity (Wildman–Crippen MR) is 66.4 cm³/mol. The molecule has 0 heterocycles. The highest BCUT2D eigenvalue weighted by atomic mass is 32.1. The Bertz CT molecular complexity index is 321. The molecule has 0 aromatic heterocycles. The number of rotatable bonds is 3. The van der Waals surface area contributed by atoms with E-state index in [2.05, 4.69) is 17.4 Å². The van der Waals surface area contributed by atoms with E-state index >= 15 is 0 Å². The van der Waals surface area contributed by atoms with Crippen molar-refractivity contribution in [2.75, 3.05) is 19.5 Å². The highest BCUT2D eigenvalue weighted by Crippen LogP contribution is 2.09. The molecule has 0 saturated heterocycles. The highest BCUT2D eigenvalue weighted by molar-refractivity contribution is 7.80. The van der Waals surface area contributed by atoms with Gasteiger partial charge >= 0.3 is 5.97 Å². The summed E-state index contributed by atoms with van der Waals surface area (Å²) in [5, 5.41) is 25.2. The lowest BCUT2D eigenvalue weighted by molar-refractivity contribution is 0.0600. The molecular weight excluding hydrogens is 244 g/mol. The minimum atomic E-state index is -0.645. The Morgan fingerprint density at radius 1 is 1.41 bits per heavy atom. The molecule has 0 aliphatic carbocycles. The van der Waals surface area contributed by atoms with Crippen LogP contribution in [0, 0.1) is 0 Å². The topological polar surface area (TPSA) is 87.0 Å². The molecule has 96 valence electrons. The van der Waals surface area contributed by atoms with Crippen molar-refractivity contribution >= 4 is 18.6 Å². The summed E-state index contributed by atoms with van der Waals surface area (Å²) in [5.41, 5.74) is 0.435. The number of carbonyl (C=O) groups is 1. The van der Waals surface area contributed by atoms with Crippen LogP contribution < -0.4 is 0 Å². The van der Waals surface area contributed by atoms with Crippen LogP contribution in [0.1, 0.15) is 10.4 Å². The van der Waals surface area contributed by atoms with Gasteiger partial charge in [0.05, 0.1) is 25.4 Å². The van der Waals surface area contributed by atoms with Gasteiger partial charge < -0.3 is 20.1 Å². The minimum absolute atomic E-state index is 0.137. The van der Waals surface area contributed by atoms with Crippen LogP contribution in [0.3, 0.4) is 0 Å². The van der Waals surface area contributed by atoms with Gasteiger partial charge in [-0.3, -0.25) is 0 Å². The Labute approximate surface area is 105 Å². The van der Waals surface area contributed by atoms with Crippen LogP contribution in [0.25, 0.3) is 0 Å². The molecule has 5 nitrogen and oxygen atoms in total. The number of thiol groups is 1. The zero-order chi connectivity index (χ0) is 13.3. The summed E-state index contributed by atoms with van der Waals surface area (Å²) in [4.78, 5) is 10.8. The molecule has 0 fully saturated rings. The number of esters is 1. The van der Waals surface area contributed by atoms with Crippen molar-refractivity contribution in [3.63, 3.8) is 0 Å². The minimum Gasteiger partial charge on any atom is -0.508 e. The number of benzene rings is 1. The van der Waals surface area contributed by atoms with Gasteiger partial charge in [-0.2, -0.15) is 12.6 Å². The molecule has 1 unspecified atom stereocenters. The van der Waals surface area contributed by atoms with E-state index in [1.165, 1.54) is 31.4 Å². The fourth-order valence-electron chi connectivity index (χ4n) is 0.773. The molecule has 1 rings (SSSR count). The van der Waals surface area contributed by atoms with E-state index in [9.17, 15) is 4.79 Å². The van der Waals surface area contributed by atoms with Gasteiger partial charge in [-0.05, 0) is 24.3 Å². The third kappa shape index (κ3) is 6.83. The molecule has 0 amide bonds. The number of ether oxygens (including phenoxy) is 1. The SMILES string of the molecule is COC(=O)c1ccc(O)cc1.OCC(O)CS. The first-order chi connectivity index (χ1) is 8.04. The lowest BCUT2D eigenvalue weighted by Gasteiger charge is -1.97. The molecule has 0 saturated carbocycles. The lowest BCUT2D eigenvalue weighted by atomic mass is 10.2. The Morgan fingerprint density at radius 2 is 1.94 bits per heavy atom. The Balaban J connectivity index is 0.000000366. The molecule has 0 aliphatic heterocycles. The van der Waals surface area contributed by atoms with Crippen molar-refractivity contribution in [1.82, 2.24) is 0 Å². The van der Waals surface area contributed by atoms with Crippen molar-refractivity contribution < 1.29 is 24.9 Å². The van der Waals surface area contributed by atoms with Crippen LogP contribution in [-0.2, 0) is 4.74 Å². The average molecular weight is 260 g/mol. The number of aromatic hydroxyl groups is 1. The first-order valence-corrected chi connectivity index (χ1v) is 5.45. The van der Waals surface area contributed by atoms with Crippen LogP contribution in [-0.4, -0.2) is 46.9 Å². The second-order valence-corrected chi connectivity index (χ2v) is 3.42. The first-order valence-electron chi connectivity index (χ1n) is 4.82. The number of phenolic OH excluding ortho intramolecular Hbond substituents is 1. The molecule has 0 spiro atoms. The van der Waals surface area contributed by atoms with E-state index in [4.69, 9.17) is 15.3 Å². The number of carbonyl (C=O) groups excluding carboxylic acids is 1. The molecule has 17 heavy (non-hydrogen) atoms. The number of aliphatic hydroxyl groups excluding tert-OH is 2. The summed E-state index contributed by atoms with van der Waals surface area (Å²) >= 11 is 3.69. The van der Waals surface area contributed by atoms with Crippen molar-refractivity contribution in [3.8, 4) is 5.75 Å². The predicted octanol–water partition coefficient (Wildman–Crippen LogP) is 0.448. The summed E-state index contributed by atoms with van der Waals surface area (Å²) < 4.78 is 4.46. The normalized spacial score (nSPS) is 11.1. The van der Waals surface area contributed by atoms with Crippen molar-refractivity contribution in [2.45, 2.75) is 6.10 Å². The molecule has 6 heteroatoms. The third-order valence-electron chi connectivity index (χ3n) is 1.71.